The minimum Gasteiger partial charge on any atom is -0.353 e. The normalized spacial score (nSPS) is 19.9. The van der Waals surface area contributed by atoms with Gasteiger partial charge >= 0.3 is 0 Å². The van der Waals surface area contributed by atoms with Crippen molar-refractivity contribution in [1.29, 1.82) is 0 Å². The van der Waals surface area contributed by atoms with Gasteiger partial charge in [0.25, 0.3) is 0 Å². The molecule has 17 heavy (non-hydrogen) atoms. The third-order valence-corrected chi connectivity index (χ3v) is 2.60. The zero-order valence-electron chi connectivity index (χ0n) is 9.78. The molecule has 1 aliphatic heterocycles. The zero-order valence-corrected chi connectivity index (χ0v) is 9.78. The molecule has 2 amide bonds. The predicted octanol–water partition coefficient (Wildman–Crippen LogP) is -1.24. The number of anilines is 1. The van der Waals surface area contributed by atoms with Crippen LogP contribution in [0.4, 0.5) is 5.69 Å². The van der Waals surface area contributed by atoms with Crippen molar-refractivity contribution in [2.45, 2.75) is 13.0 Å². The fourth-order valence-electron chi connectivity index (χ4n) is 1.69. The second-order valence-electron chi connectivity index (χ2n) is 4.03. The molecule has 7 heteroatoms. The number of piperazine rings is 1. The Bertz CT molecular complexity index is 444. The molecule has 2 heterocycles. The Hall–Kier alpha value is -1.89. The molecule has 1 atom stereocenters. The number of hydrogen-bond acceptors (Lipinski definition) is 4. The van der Waals surface area contributed by atoms with Crippen molar-refractivity contribution in [3.63, 3.8) is 0 Å². The fourth-order valence-corrected chi connectivity index (χ4v) is 1.69. The molecule has 1 aromatic heterocycles. The van der Waals surface area contributed by atoms with Gasteiger partial charge in [0.15, 0.2) is 0 Å². The van der Waals surface area contributed by atoms with Crippen LogP contribution in [0.3, 0.4) is 0 Å². The van der Waals surface area contributed by atoms with Gasteiger partial charge in [0, 0.05) is 19.8 Å². The summed E-state index contributed by atoms with van der Waals surface area (Å²) in [6.45, 7) is 2.31. The summed E-state index contributed by atoms with van der Waals surface area (Å²) in [5.74, 6) is -0.257. The van der Waals surface area contributed by atoms with Crippen LogP contribution in [0.2, 0.25) is 0 Å². The fraction of sp³-hybridized carbons (Fsp3) is 0.500. The topological polar surface area (TPSA) is 88.1 Å². The average molecular weight is 237 g/mol. The maximum Gasteiger partial charge on any atom is 0.243 e. The predicted molar refractivity (Wildman–Crippen MR) is 61.4 cm³/mol. The van der Waals surface area contributed by atoms with E-state index in [-0.39, 0.29) is 18.4 Å². The van der Waals surface area contributed by atoms with Crippen molar-refractivity contribution in [3.8, 4) is 0 Å². The SMILES string of the molecule is Cc1nn(C)cc1NC(=O)C1CNC(=O)CN1. The van der Waals surface area contributed by atoms with E-state index in [0.29, 0.717) is 12.2 Å². The Morgan fingerprint density at radius 3 is 2.94 bits per heavy atom. The van der Waals surface area contributed by atoms with Crippen molar-refractivity contribution in [3.05, 3.63) is 11.9 Å². The number of aromatic nitrogens is 2. The van der Waals surface area contributed by atoms with E-state index in [0.717, 1.165) is 5.69 Å². The van der Waals surface area contributed by atoms with Gasteiger partial charge in [0.05, 0.1) is 17.9 Å². The summed E-state index contributed by atoms with van der Waals surface area (Å²) < 4.78 is 1.64. The van der Waals surface area contributed by atoms with Crippen molar-refractivity contribution >= 4 is 17.5 Å². The maximum atomic E-state index is 11.9. The van der Waals surface area contributed by atoms with E-state index >= 15 is 0 Å². The van der Waals surface area contributed by atoms with Crippen LogP contribution in [-0.4, -0.2) is 40.7 Å². The number of carbonyl (C=O) groups excluding carboxylic acids is 2. The van der Waals surface area contributed by atoms with Gasteiger partial charge in [-0.25, -0.2) is 0 Å². The molecule has 1 unspecified atom stereocenters. The van der Waals surface area contributed by atoms with Crippen LogP contribution >= 0.6 is 0 Å². The van der Waals surface area contributed by atoms with E-state index in [1.165, 1.54) is 0 Å². The number of nitrogens with zero attached hydrogens (tertiary/aromatic N) is 2. The Morgan fingerprint density at radius 2 is 2.41 bits per heavy atom. The maximum absolute atomic E-state index is 11.9. The van der Waals surface area contributed by atoms with Crippen molar-refractivity contribution in [1.82, 2.24) is 20.4 Å². The lowest BCUT2D eigenvalue weighted by Gasteiger charge is -2.22. The van der Waals surface area contributed by atoms with Crippen LogP contribution in [0.25, 0.3) is 0 Å². The van der Waals surface area contributed by atoms with Gasteiger partial charge in [-0.15, -0.1) is 0 Å². The number of rotatable bonds is 2. The second-order valence-corrected chi connectivity index (χ2v) is 4.03. The first-order chi connectivity index (χ1) is 8.06. The molecule has 0 spiro atoms. The number of aryl methyl sites for hydroxylation is 2. The molecule has 0 aromatic carbocycles. The van der Waals surface area contributed by atoms with Crippen LogP contribution in [0.5, 0.6) is 0 Å². The zero-order chi connectivity index (χ0) is 12.4. The van der Waals surface area contributed by atoms with Gasteiger partial charge < -0.3 is 10.6 Å². The summed E-state index contributed by atoms with van der Waals surface area (Å²) in [7, 11) is 1.79. The number of amides is 2. The minimum absolute atomic E-state index is 0.0911. The van der Waals surface area contributed by atoms with E-state index in [1.807, 2.05) is 6.92 Å². The van der Waals surface area contributed by atoms with Crippen LogP contribution in [0.15, 0.2) is 6.20 Å². The van der Waals surface area contributed by atoms with Crippen molar-refractivity contribution in [2.75, 3.05) is 18.4 Å². The highest BCUT2D eigenvalue weighted by atomic mass is 16.2. The summed E-state index contributed by atoms with van der Waals surface area (Å²) in [4.78, 5) is 22.8. The molecule has 92 valence electrons. The van der Waals surface area contributed by atoms with Gasteiger partial charge in [-0.3, -0.25) is 19.6 Å². The monoisotopic (exact) mass is 237 g/mol. The van der Waals surface area contributed by atoms with Gasteiger partial charge in [0.1, 0.15) is 6.04 Å². The van der Waals surface area contributed by atoms with E-state index < -0.39 is 6.04 Å². The highest BCUT2D eigenvalue weighted by Crippen LogP contribution is 2.11. The quantitative estimate of drug-likeness (QED) is 0.600. The lowest BCUT2D eigenvalue weighted by atomic mass is 10.2. The number of hydrogen-bond donors (Lipinski definition) is 3. The van der Waals surface area contributed by atoms with Gasteiger partial charge in [-0.1, -0.05) is 0 Å². The minimum atomic E-state index is -0.396. The van der Waals surface area contributed by atoms with E-state index in [4.69, 9.17) is 0 Å². The molecule has 0 bridgehead atoms. The lowest BCUT2D eigenvalue weighted by Crippen LogP contribution is -2.56. The Morgan fingerprint density at radius 1 is 1.65 bits per heavy atom. The standard InChI is InChI=1S/C10H15N5O2/c1-6-8(5-15(2)14-6)13-10(17)7-3-12-9(16)4-11-7/h5,7,11H,3-4H2,1-2H3,(H,12,16)(H,13,17). The molecule has 1 fully saturated rings. The summed E-state index contributed by atoms with van der Waals surface area (Å²) in [6.07, 6.45) is 1.74. The summed E-state index contributed by atoms with van der Waals surface area (Å²) >= 11 is 0. The summed E-state index contributed by atoms with van der Waals surface area (Å²) in [5, 5.41) is 12.4. The van der Waals surface area contributed by atoms with Crippen LogP contribution in [0.1, 0.15) is 5.69 Å². The number of carbonyl (C=O) groups is 2. The third kappa shape index (κ3) is 2.62. The van der Waals surface area contributed by atoms with Gasteiger partial charge in [-0.05, 0) is 6.92 Å². The Balaban J connectivity index is 1.97. The van der Waals surface area contributed by atoms with Crippen molar-refractivity contribution in [2.24, 2.45) is 7.05 Å². The highest BCUT2D eigenvalue weighted by molar-refractivity contribution is 5.96. The molecule has 0 aliphatic carbocycles. The smallest absolute Gasteiger partial charge is 0.243 e. The molecule has 1 aromatic rings. The van der Waals surface area contributed by atoms with E-state index in [9.17, 15) is 9.59 Å². The Labute approximate surface area is 98.6 Å². The molecular formula is C10H15N5O2. The molecule has 0 radical (unpaired) electrons. The van der Waals surface area contributed by atoms with Crippen molar-refractivity contribution < 1.29 is 9.59 Å². The molecule has 1 aliphatic rings. The first-order valence-electron chi connectivity index (χ1n) is 5.37. The van der Waals surface area contributed by atoms with Gasteiger partial charge in [-0.2, -0.15) is 5.10 Å². The van der Waals surface area contributed by atoms with Crippen LogP contribution in [0, 0.1) is 6.92 Å². The molecular weight excluding hydrogens is 222 g/mol. The van der Waals surface area contributed by atoms with Crippen LogP contribution in [-0.2, 0) is 16.6 Å². The third-order valence-electron chi connectivity index (χ3n) is 2.60. The largest absolute Gasteiger partial charge is 0.353 e. The molecule has 0 saturated carbocycles. The molecule has 1 saturated heterocycles. The summed E-state index contributed by atoms with van der Waals surface area (Å²) in [5.41, 5.74) is 1.46. The molecule has 3 N–H and O–H groups in total. The van der Waals surface area contributed by atoms with E-state index in [2.05, 4.69) is 21.0 Å². The van der Waals surface area contributed by atoms with Gasteiger partial charge in [0.2, 0.25) is 11.8 Å². The molecule has 2 rings (SSSR count). The van der Waals surface area contributed by atoms with Crippen LogP contribution < -0.4 is 16.0 Å². The summed E-state index contributed by atoms with van der Waals surface area (Å²) in [6, 6.07) is -0.396. The second kappa shape index (κ2) is 4.54. The first kappa shape index (κ1) is 11.6. The first-order valence-corrected chi connectivity index (χ1v) is 5.37. The van der Waals surface area contributed by atoms with E-state index in [1.54, 1.807) is 17.9 Å². The average Bonchev–Trinajstić information content (AvgIpc) is 2.58. The lowest BCUT2D eigenvalue weighted by molar-refractivity contribution is -0.124. The number of nitrogens with one attached hydrogen (secondary N) is 3. The molecule has 7 nitrogen and oxygen atoms in total. The Kier molecular flexibility index (Phi) is 3.10. The highest BCUT2D eigenvalue weighted by Gasteiger charge is 2.24.